The molecule has 1 fully saturated rings. The average molecular weight is 388 g/mol. The zero-order valence-corrected chi connectivity index (χ0v) is 15.3. The van der Waals surface area contributed by atoms with Crippen molar-refractivity contribution in [3.8, 4) is 12.8 Å². The summed E-state index contributed by atoms with van der Waals surface area (Å²) in [6, 6.07) is -0.222. The summed E-state index contributed by atoms with van der Waals surface area (Å²) in [6.45, 7) is 1.85. The highest BCUT2D eigenvalue weighted by Crippen LogP contribution is 2.26. The minimum Gasteiger partial charge on any atom is -0.376 e. The maximum atomic E-state index is 12.5. The van der Waals surface area contributed by atoms with Gasteiger partial charge in [0.1, 0.15) is 0 Å². The number of carbonyl (C=O) groups excluding carboxylic acids is 2. The molecule has 1 N–H and O–H groups in total. The van der Waals surface area contributed by atoms with Crippen LogP contribution in [0.25, 0.3) is 0 Å². The van der Waals surface area contributed by atoms with Gasteiger partial charge in [0.15, 0.2) is 0 Å². The van der Waals surface area contributed by atoms with Gasteiger partial charge in [0.2, 0.25) is 6.10 Å². The molecule has 0 aromatic carbocycles. The number of likely N-dealkylation sites (tertiary alicyclic amines) is 1. The third kappa shape index (κ3) is 5.23. The predicted octanol–water partition coefficient (Wildman–Crippen LogP) is 0.902. The van der Waals surface area contributed by atoms with E-state index in [-0.39, 0.29) is 31.0 Å². The highest BCUT2D eigenvalue weighted by Gasteiger charge is 2.46. The minimum atomic E-state index is -4.98. The first-order valence-electron chi connectivity index (χ1n) is 8.15. The molecule has 10 heteroatoms. The summed E-state index contributed by atoms with van der Waals surface area (Å²) in [4.78, 5) is 26.8. The first kappa shape index (κ1) is 22.5. The average Bonchev–Trinajstić information content (AvgIpc) is 3.06. The molecular weight excluding hydrogens is 365 g/mol. The Balaban J connectivity index is 0.00000176. The van der Waals surface area contributed by atoms with E-state index in [0.29, 0.717) is 12.0 Å². The Bertz CT molecular complexity index is 686. The van der Waals surface area contributed by atoms with E-state index < -0.39 is 18.2 Å². The van der Waals surface area contributed by atoms with E-state index in [1.54, 1.807) is 27.2 Å². The van der Waals surface area contributed by atoms with E-state index in [1.165, 1.54) is 15.8 Å². The van der Waals surface area contributed by atoms with Crippen LogP contribution in [0.15, 0.2) is 12.4 Å². The number of amides is 2. The van der Waals surface area contributed by atoms with Crippen LogP contribution in [0, 0.1) is 18.8 Å². The lowest BCUT2D eigenvalue weighted by Crippen LogP contribution is -2.55. The van der Waals surface area contributed by atoms with Crippen molar-refractivity contribution in [2.45, 2.75) is 31.7 Å². The third-order valence-electron chi connectivity index (χ3n) is 4.49. The number of aliphatic hydroxyl groups excluding tert-OH is 1. The maximum Gasteiger partial charge on any atom is 0.423 e. The summed E-state index contributed by atoms with van der Waals surface area (Å²) < 4.78 is 39.0. The number of aliphatic hydroxyl groups is 1. The van der Waals surface area contributed by atoms with Gasteiger partial charge in [0.05, 0.1) is 11.8 Å². The molecule has 0 radical (unpaired) electrons. The third-order valence-corrected chi connectivity index (χ3v) is 4.49. The molecule has 1 aromatic heterocycles. The maximum absolute atomic E-state index is 12.5. The first-order valence-corrected chi connectivity index (χ1v) is 8.15. The van der Waals surface area contributed by atoms with Crippen LogP contribution < -0.4 is 0 Å². The summed E-state index contributed by atoms with van der Waals surface area (Å²) in [6.07, 6.45) is 3.37. The quantitative estimate of drug-likeness (QED) is 0.781. The second-order valence-corrected chi connectivity index (χ2v) is 6.38. The fourth-order valence-corrected chi connectivity index (χ4v) is 3.11. The lowest BCUT2D eigenvalue weighted by Gasteiger charge is -2.41. The number of rotatable bonds is 3. The molecule has 2 heterocycles. The number of halogens is 3. The first-order chi connectivity index (χ1) is 12.5. The van der Waals surface area contributed by atoms with Crippen LogP contribution in [0.3, 0.4) is 0 Å². The van der Waals surface area contributed by atoms with Gasteiger partial charge in [-0.15, -0.1) is 12.8 Å². The molecule has 150 valence electrons. The molecule has 3 atom stereocenters. The molecule has 2 rings (SSSR count). The Morgan fingerprint density at radius 2 is 2.00 bits per heavy atom. The normalized spacial score (nSPS) is 21.0. The Labute approximate surface area is 155 Å². The Morgan fingerprint density at radius 1 is 1.41 bits per heavy atom. The molecule has 3 unspecified atom stereocenters. The summed E-state index contributed by atoms with van der Waals surface area (Å²) in [5.41, 5.74) is 0.420. The summed E-state index contributed by atoms with van der Waals surface area (Å²) in [5, 5.41) is 13.1. The summed E-state index contributed by atoms with van der Waals surface area (Å²) in [5.74, 6) is -1.82. The number of terminal acetylenes is 1. The number of hydrogen-bond acceptors (Lipinski definition) is 4. The standard InChI is InChI=1S/C15H21F3N4O3.C2H2/c1-9-7-22(14(25)12(23)15(16,17)18)5-4-11(9)21(3)13(24)10-6-19-20(2)8-10;1-2/h6,8-9,11-12,23H,4-5,7H2,1-3H3;1-2H. The topological polar surface area (TPSA) is 78.7 Å². The van der Waals surface area contributed by atoms with Gasteiger partial charge in [-0.2, -0.15) is 18.3 Å². The number of alkyl halides is 3. The number of piperidine rings is 1. The number of aromatic nitrogens is 2. The number of hydrogen-bond donors (Lipinski definition) is 1. The van der Waals surface area contributed by atoms with Gasteiger partial charge in [-0.05, 0) is 12.3 Å². The molecule has 0 spiro atoms. The van der Waals surface area contributed by atoms with Crippen LogP contribution in [-0.2, 0) is 11.8 Å². The SMILES string of the molecule is C#C.CC1CN(C(=O)C(O)C(F)(F)F)CCC1N(C)C(=O)c1cnn(C)c1. The Hall–Kier alpha value is -2.54. The second kappa shape index (κ2) is 8.90. The van der Waals surface area contributed by atoms with Crippen LogP contribution in [0.4, 0.5) is 13.2 Å². The van der Waals surface area contributed by atoms with Gasteiger partial charge >= 0.3 is 6.18 Å². The van der Waals surface area contributed by atoms with Crippen molar-refractivity contribution in [3.63, 3.8) is 0 Å². The van der Waals surface area contributed by atoms with Gasteiger partial charge in [0, 0.05) is 39.4 Å². The molecule has 1 aliphatic rings. The Morgan fingerprint density at radius 3 is 2.44 bits per heavy atom. The monoisotopic (exact) mass is 388 g/mol. The molecule has 0 saturated carbocycles. The van der Waals surface area contributed by atoms with Crippen LogP contribution >= 0.6 is 0 Å². The Kier molecular flexibility index (Phi) is 7.42. The fraction of sp³-hybridized carbons (Fsp3) is 0.588. The lowest BCUT2D eigenvalue weighted by molar-refractivity contribution is -0.211. The largest absolute Gasteiger partial charge is 0.423 e. The van der Waals surface area contributed by atoms with Gasteiger partial charge in [0.25, 0.3) is 11.8 Å². The molecule has 27 heavy (non-hydrogen) atoms. The molecule has 1 aliphatic heterocycles. The molecule has 1 saturated heterocycles. The van der Waals surface area contributed by atoms with Crippen LogP contribution in [-0.4, -0.2) is 75.0 Å². The van der Waals surface area contributed by atoms with Gasteiger partial charge in [-0.3, -0.25) is 14.3 Å². The number of carbonyl (C=O) groups is 2. The van der Waals surface area contributed by atoms with Crippen molar-refractivity contribution in [3.05, 3.63) is 18.0 Å². The van der Waals surface area contributed by atoms with Gasteiger partial charge < -0.3 is 14.9 Å². The molecular formula is C17H23F3N4O3. The lowest BCUT2D eigenvalue weighted by atomic mass is 9.92. The zero-order valence-electron chi connectivity index (χ0n) is 15.3. The van der Waals surface area contributed by atoms with Crippen molar-refractivity contribution >= 4 is 11.8 Å². The number of aryl methyl sites for hydroxylation is 1. The van der Waals surface area contributed by atoms with Crippen LogP contribution in [0.5, 0.6) is 0 Å². The highest BCUT2D eigenvalue weighted by atomic mass is 19.4. The van der Waals surface area contributed by atoms with E-state index in [1.807, 2.05) is 0 Å². The molecule has 1 aromatic rings. The van der Waals surface area contributed by atoms with E-state index in [9.17, 15) is 22.8 Å². The fourth-order valence-electron chi connectivity index (χ4n) is 3.11. The van der Waals surface area contributed by atoms with E-state index in [4.69, 9.17) is 5.11 Å². The summed E-state index contributed by atoms with van der Waals surface area (Å²) in [7, 11) is 3.31. The van der Waals surface area contributed by atoms with Crippen molar-refractivity contribution in [2.24, 2.45) is 13.0 Å². The van der Waals surface area contributed by atoms with Crippen molar-refractivity contribution in [2.75, 3.05) is 20.1 Å². The summed E-state index contributed by atoms with van der Waals surface area (Å²) >= 11 is 0. The van der Waals surface area contributed by atoms with Crippen molar-refractivity contribution in [1.29, 1.82) is 0 Å². The number of nitrogens with zero attached hydrogens (tertiary/aromatic N) is 4. The van der Waals surface area contributed by atoms with Crippen molar-refractivity contribution in [1.82, 2.24) is 19.6 Å². The van der Waals surface area contributed by atoms with Crippen LogP contribution in [0.1, 0.15) is 23.7 Å². The van der Waals surface area contributed by atoms with Gasteiger partial charge in [-0.25, -0.2) is 0 Å². The van der Waals surface area contributed by atoms with E-state index in [2.05, 4.69) is 17.9 Å². The second-order valence-electron chi connectivity index (χ2n) is 6.38. The zero-order chi connectivity index (χ0) is 20.9. The van der Waals surface area contributed by atoms with Crippen molar-refractivity contribution < 1.29 is 27.9 Å². The smallest absolute Gasteiger partial charge is 0.376 e. The highest BCUT2D eigenvalue weighted by molar-refractivity contribution is 5.93. The van der Waals surface area contributed by atoms with Crippen LogP contribution in [0.2, 0.25) is 0 Å². The van der Waals surface area contributed by atoms with E-state index in [0.717, 1.165) is 4.90 Å². The minimum absolute atomic E-state index is 0.0430. The van der Waals surface area contributed by atoms with E-state index >= 15 is 0 Å². The molecule has 0 bridgehead atoms. The van der Waals surface area contributed by atoms with Gasteiger partial charge in [-0.1, -0.05) is 6.92 Å². The molecule has 2 amide bonds. The predicted molar refractivity (Wildman–Crippen MR) is 91.4 cm³/mol. The molecule has 7 nitrogen and oxygen atoms in total. The molecule has 0 aliphatic carbocycles.